The van der Waals surface area contributed by atoms with Crippen LogP contribution in [-0.2, 0) is 0 Å². The van der Waals surface area contributed by atoms with Crippen LogP contribution in [-0.4, -0.2) is 12.6 Å². The molecule has 30 valence electrons. The first-order valence-electron chi connectivity index (χ1n) is 1.25. The second kappa shape index (κ2) is 2.16. The van der Waals surface area contributed by atoms with E-state index in [1.807, 2.05) is 0 Å². The molecule has 1 unspecified atom stereocenters. The van der Waals surface area contributed by atoms with Gasteiger partial charge in [0.2, 0.25) is 0 Å². The summed E-state index contributed by atoms with van der Waals surface area (Å²) in [7, 11) is 3.90. The van der Waals surface area contributed by atoms with Crippen LogP contribution in [0.3, 0.4) is 0 Å². The van der Waals surface area contributed by atoms with Crippen molar-refractivity contribution >= 4 is 14.8 Å². The third kappa shape index (κ3) is 3.90. The van der Waals surface area contributed by atoms with E-state index in [1.165, 1.54) is 0 Å². The molecular formula is C2H7N2P. The Morgan fingerprint density at radius 2 is 2.20 bits per heavy atom. The quantitative estimate of drug-likeness (QED) is 0.250. The van der Waals surface area contributed by atoms with Crippen LogP contribution < -0.4 is 5.73 Å². The van der Waals surface area contributed by atoms with Gasteiger partial charge in [-0.2, -0.15) is 0 Å². The predicted molar refractivity (Wildman–Crippen MR) is 27.3 cm³/mol. The predicted octanol–water partition coefficient (Wildman–Crippen LogP) is -0.194. The Morgan fingerprint density at radius 1 is 2.00 bits per heavy atom. The molecule has 0 aliphatic heterocycles. The Kier molecular flexibility index (Phi) is 2.11. The zero-order valence-corrected chi connectivity index (χ0v) is 4.26. The van der Waals surface area contributed by atoms with Crippen molar-refractivity contribution in [2.75, 3.05) is 7.05 Å². The topological polar surface area (TPSA) is 38.4 Å². The Labute approximate surface area is 33.7 Å². The van der Waals surface area contributed by atoms with Crippen molar-refractivity contribution in [3.8, 4) is 0 Å². The molecule has 0 amide bonds. The van der Waals surface area contributed by atoms with Gasteiger partial charge < -0.3 is 5.73 Å². The largest absolute Gasteiger partial charge is 0.384 e. The summed E-state index contributed by atoms with van der Waals surface area (Å²) in [5, 5.41) is 0. The number of aliphatic imine (C=N–C) groups is 1. The summed E-state index contributed by atoms with van der Waals surface area (Å²) in [5.41, 5.74) is 5.55. The first-order chi connectivity index (χ1) is 2.27. The molecule has 0 aromatic carbocycles. The maximum absolute atomic E-state index is 5.00. The van der Waals surface area contributed by atoms with E-state index >= 15 is 0 Å². The highest BCUT2D eigenvalue weighted by molar-refractivity contribution is 7.40. The van der Waals surface area contributed by atoms with Gasteiger partial charge in [-0.25, -0.2) is 0 Å². The standard InChI is InChI=1S/C2H7N2P/c1-4-2(3)5/h5H2,1H3,(H2,3,4). The van der Waals surface area contributed by atoms with Gasteiger partial charge in [-0.15, -0.1) is 0 Å². The molecule has 0 aromatic heterocycles. The van der Waals surface area contributed by atoms with Gasteiger partial charge in [0, 0.05) is 7.05 Å². The third-order valence-corrected chi connectivity index (χ3v) is 0.516. The molecule has 0 spiro atoms. The molecule has 1 atom stereocenters. The summed E-state index contributed by atoms with van der Waals surface area (Å²) in [6.07, 6.45) is 0. The number of rotatable bonds is 0. The Hall–Kier alpha value is -0.100. The number of amidine groups is 1. The van der Waals surface area contributed by atoms with Crippen LogP contribution in [0.15, 0.2) is 4.99 Å². The Bertz CT molecular complexity index is 45.6. The van der Waals surface area contributed by atoms with Crippen molar-refractivity contribution in [2.24, 2.45) is 10.7 Å². The van der Waals surface area contributed by atoms with Crippen molar-refractivity contribution in [3.05, 3.63) is 0 Å². The highest BCUT2D eigenvalue weighted by atomic mass is 31.0. The fourth-order valence-electron chi connectivity index (χ4n) is 0. The fourth-order valence-corrected chi connectivity index (χ4v) is 0. The molecule has 0 radical (unpaired) electrons. The van der Waals surface area contributed by atoms with E-state index in [0.717, 1.165) is 0 Å². The number of hydrogen-bond acceptors (Lipinski definition) is 1. The molecule has 2 nitrogen and oxygen atoms in total. The van der Waals surface area contributed by atoms with Crippen molar-refractivity contribution in [2.45, 2.75) is 0 Å². The second-order valence-electron chi connectivity index (χ2n) is 0.648. The molecule has 0 rings (SSSR count). The van der Waals surface area contributed by atoms with Gasteiger partial charge in [-0.05, 0) is 0 Å². The number of nitrogens with zero attached hydrogens (tertiary/aromatic N) is 1. The molecule has 2 N–H and O–H groups in total. The molecule has 0 bridgehead atoms. The minimum atomic E-state index is 0.546. The third-order valence-electron chi connectivity index (χ3n) is 0.258. The van der Waals surface area contributed by atoms with E-state index in [-0.39, 0.29) is 0 Å². The molecule has 3 heteroatoms. The van der Waals surface area contributed by atoms with Crippen molar-refractivity contribution < 1.29 is 0 Å². The first kappa shape index (κ1) is 4.90. The lowest BCUT2D eigenvalue weighted by Gasteiger charge is -1.75. The molecule has 0 heterocycles. The smallest absolute Gasteiger partial charge is 0.110 e. The lowest BCUT2D eigenvalue weighted by Crippen LogP contribution is -1.98. The second-order valence-corrected chi connectivity index (χ2v) is 1.24. The van der Waals surface area contributed by atoms with Crippen molar-refractivity contribution in [3.63, 3.8) is 0 Å². The minimum absolute atomic E-state index is 0.546. The van der Waals surface area contributed by atoms with E-state index in [1.54, 1.807) is 7.05 Å². The molecule has 0 aromatic rings. The summed E-state index contributed by atoms with van der Waals surface area (Å²) >= 11 is 0. The zero-order valence-electron chi connectivity index (χ0n) is 3.10. The van der Waals surface area contributed by atoms with Gasteiger partial charge in [0.15, 0.2) is 0 Å². The van der Waals surface area contributed by atoms with Crippen LogP contribution in [0.4, 0.5) is 0 Å². The Morgan fingerprint density at radius 3 is 2.20 bits per heavy atom. The normalized spacial score (nSPS) is 12.0. The first-order valence-corrected chi connectivity index (χ1v) is 1.83. The minimum Gasteiger partial charge on any atom is -0.384 e. The average Bonchev–Trinajstić information content (AvgIpc) is 1.38. The van der Waals surface area contributed by atoms with Gasteiger partial charge in [0.25, 0.3) is 0 Å². The zero-order chi connectivity index (χ0) is 4.28. The van der Waals surface area contributed by atoms with Gasteiger partial charge in [0.1, 0.15) is 5.58 Å². The SMILES string of the molecule is CN=C(N)P. The van der Waals surface area contributed by atoms with Crippen LogP contribution in [0.5, 0.6) is 0 Å². The highest BCUT2D eigenvalue weighted by Gasteiger charge is 1.61. The van der Waals surface area contributed by atoms with Crippen LogP contribution >= 0.6 is 9.24 Å². The van der Waals surface area contributed by atoms with E-state index in [2.05, 4.69) is 14.2 Å². The van der Waals surface area contributed by atoms with E-state index in [0.29, 0.717) is 5.58 Å². The van der Waals surface area contributed by atoms with Gasteiger partial charge >= 0.3 is 0 Å². The average molecular weight is 90.1 g/mol. The number of nitrogens with two attached hydrogens (primary N) is 1. The maximum Gasteiger partial charge on any atom is 0.110 e. The van der Waals surface area contributed by atoms with E-state index in [9.17, 15) is 0 Å². The lowest BCUT2D eigenvalue weighted by molar-refractivity contribution is 1.44. The van der Waals surface area contributed by atoms with E-state index < -0.39 is 0 Å². The van der Waals surface area contributed by atoms with Gasteiger partial charge in [-0.1, -0.05) is 9.24 Å². The molecule has 0 fully saturated rings. The van der Waals surface area contributed by atoms with Crippen molar-refractivity contribution in [1.29, 1.82) is 0 Å². The van der Waals surface area contributed by atoms with Crippen LogP contribution in [0.25, 0.3) is 0 Å². The fraction of sp³-hybridized carbons (Fsp3) is 0.500. The number of hydrogen-bond donors (Lipinski definition) is 1. The molecule has 0 saturated carbocycles. The summed E-state index contributed by atoms with van der Waals surface area (Å²) < 4.78 is 0. The summed E-state index contributed by atoms with van der Waals surface area (Å²) in [5.74, 6) is 0. The molecule has 5 heavy (non-hydrogen) atoms. The van der Waals surface area contributed by atoms with Gasteiger partial charge in [-0.3, -0.25) is 4.99 Å². The monoisotopic (exact) mass is 90.0 g/mol. The maximum atomic E-state index is 5.00. The summed E-state index contributed by atoms with van der Waals surface area (Å²) in [4.78, 5) is 3.55. The van der Waals surface area contributed by atoms with Crippen LogP contribution in [0.2, 0.25) is 0 Å². The van der Waals surface area contributed by atoms with Crippen LogP contribution in [0, 0.1) is 0 Å². The van der Waals surface area contributed by atoms with E-state index in [4.69, 9.17) is 5.73 Å². The highest BCUT2D eigenvalue weighted by Crippen LogP contribution is 1.73. The molecule has 0 aliphatic carbocycles. The molecule has 0 saturated heterocycles. The lowest BCUT2D eigenvalue weighted by atomic mass is 11.3. The van der Waals surface area contributed by atoms with Gasteiger partial charge in [0.05, 0.1) is 0 Å². The molecular weight excluding hydrogens is 83.0 g/mol. The summed E-state index contributed by atoms with van der Waals surface area (Å²) in [6.45, 7) is 0. The van der Waals surface area contributed by atoms with Crippen molar-refractivity contribution in [1.82, 2.24) is 0 Å². The summed E-state index contributed by atoms with van der Waals surface area (Å²) in [6, 6.07) is 0. The Balaban J connectivity index is 3.14. The van der Waals surface area contributed by atoms with Crippen LogP contribution in [0.1, 0.15) is 0 Å². The molecule has 0 aliphatic rings.